The highest BCUT2D eigenvalue weighted by molar-refractivity contribution is 5.85. The third-order valence-corrected chi connectivity index (χ3v) is 4.81. The average molecular weight is 441 g/mol. The lowest BCUT2D eigenvalue weighted by Gasteiger charge is -2.13. The number of hydrazone groups is 1. The Morgan fingerprint density at radius 1 is 1.03 bits per heavy atom. The summed E-state index contributed by atoms with van der Waals surface area (Å²) in [7, 11) is 1.59. The predicted octanol–water partition coefficient (Wildman–Crippen LogP) is 4.17. The fourth-order valence-corrected chi connectivity index (χ4v) is 3.24. The first-order valence-corrected chi connectivity index (χ1v) is 10.3. The van der Waals surface area contributed by atoms with Crippen molar-refractivity contribution in [1.82, 2.24) is 15.2 Å². The molecule has 0 bridgehead atoms. The van der Waals surface area contributed by atoms with E-state index in [2.05, 4.69) is 31.8 Å². The van der Waals surface area contributed by atoms with Gasteiger partial charge in [-0.05, 0) is 24.6 Å². The van der Waals surface area contributed by atoms with E-state index in [0.29, 0.717) is 29.2 Å². The highest BCUT2D eigenvalue weighted by Crippen LogP contribution is 2.31. The van der Waals surface area contributed by atoms with Crippen LogP contribution in [0.15, 0.2) is 82.7 Å². The molecular formula is C25H23N5O3. The molecule has 4 aromatic rings. The van der Waals surface area contributed by atoms with E-state index in [9.17, 15) is 4.79 Å². The van der Waals surface area contributed by atoms with Gasteiger partial charge in [-0.25, -0.2) is 5.43 Å². The van der Waals surface area contributed by atoms with Crippen molar-refractivity contribution in [1.29, 1.82) is 0 Å². The van der Waals surface area contributed by atoms with Crippen molar-refractivity contribution in [3.05, 3.63) is 99.8 Å². The van der Waals surface area contributed by atoms with Crippen LogP contribution >= 0.6 is 0 Å². The lowest BCUT2D eigenvalue weighted by atomic mass is 10.1. The number of anilines is 1. The number of hydrogen-bond acceptors (Lipinski definition) is 7. The van der Waals surface area contributed by atoms with Crippen molar-refractivity contribution >= 4 is 12.2 Å². The summed E-state index contributed by atoms with van der Waals surface area (Å²) >= 11 is 0. The average Bonchev–Trinajstić information content (AvgIpc) is 2.83. The lowest BCUT2D eigenvalue weighted by Crippen LogP contribution is -2.15. The minimum absolute atomic E-state index is 0.126. The third kappa shape index (κ3) is 5.43. The second kappa shape index (κ2) is 10.2. The molecule has 0 saturated heterocycles. The highest BCUT2D eigenvalue weighted by Gasteiger charge is 2.10. The number of nitrogens with zero attached hydrogens (tertiary/aromatic N) is 3. The normalized spacial score (nSPS) is 10.8. The van der Waals surface area contributed by atoms with E-state index in [1.807, 2.05) is 61.5 Å². The van der Waals surface area contributed by atoms with Crippen LogP contribution < -0.4 is 20.5 Å². The summed E-state index contributed by atoms with van der Waals surface area (Å²) in [6.45, 7) is 2.42. The van der Waals surface area contributed by atoms with Gasteiger partial charge >= 0.3 is 0 Å². The second-order valence-corrected chi connectivity index (χ2v) is 7.24. The number of aromatic amines is 1. The van der Waals surface area contributed by atoms with Gasteiger partial charge in [0.2, 0.25) is 5.95 Å². The molecule has 8 nitrogen and oxygen atoms in total. The van der Waals surface area contributed by atoms with Gasteiger partial charge in [0, 0.05) is 11.1 Å². The predicted molar refractivity (Wildman–Crippen MR) is 128 cm³/mol. The molecule has 0 aliphatic rings. The van der Waals surface area contributed by atoms with Crippen LogP contribution in [0, 0.1) is 6.92 Å². The van der Waals surface area contributed by atoms with E-state index in [1.54, 1.807) is 25.5 Å². The Labute approximate surface area is 190 Å². The number of para-hydroxylation sites is 1. The quantitative estimate of drug-likeness (QED) is 0.314. The van der Waals surface area contributed by atoms with Crippen LogP contribution in [0.2, 0.25) is 0 Å². The number of hydrogen-bond donors (Lipinski definition) is 2. The van der Waals surface area contributed by atoms with Gasteiger partial charge in [-0.1, -0.05) is 66.2 Å². The van der Waals surface area contributed by atoms with Crippen LogP contribution in [0.1, 0.15) is 16.7 Å². The van der Waals surface area contributed by atoms with Gasteiger partial charge in [-0.2, -0.15) is 5.10 Å². The first-order valence-electron chi connectivity index (χ1n) is 10.3. The maximum atomic E-state index is 12.4. The molecule has 0 radical (unpaired) electrons. The summed E-state index contributed by atoms with van der Waals surface area (Å²) in [5.41, 5.74) is 6.18. The zero-order valence-corrected chi connectivity index (χ0v) is 18.3. The minimum Gasteiger partial charge on any atom is -0.493 e. The maximum absolute atomic E-state index is 12.4. The Balaban J connectivity index is 1.50. The van der Waals surface area contributed by atoms with Crippen molar-refractivity contribution in [2.24, 2.45) is 5.10 Å². The number of benzene rings is 3. The Morgan fingerprint density at radius 2 is 1.85 bits per heavy atom. The number of methoxy groups -OCH3 is 1. The Kier molecular flexibility index (Phi) is 6.75. The summed E-state index contributed by atoms with van der Waals surface area (Å²) in [5.74, 6) is 1.28. The summed E-state index contributed by atoms with van der Waals surface area (Å²) < 4.78 is 11.5. The fourth-order valence-electron chi connectivity index (χ4n) is 3.24. The van der Waals surface area contributed by atoms with Crippen LogP contribution in [0.3, 0.4) is 0 Å². The minimum atomic E-state index is -0.363. The zero-order chi connectivity index (χ0) is 23.0. The fraction of sp³-hybridized carbons (Fsp3) is 0.120. The first kappa shape index (κ1) is 21.8. The molecule has 0 amide bonds. The van der Waals surface area contributed by atoms with Crippen molar-refractivity contribution in [3.63, 3.8) is 0 Å². The largest absolute Gasteiger partial charge is 0.493 e. The highest BCUT2D eigenvalue weighted by atomic mass is 16.5. The number of H-pyrrole nitrogens is 1. The molecule has 8 heteroatoms. The van der Waals surface area contributed by atoms with Crippen molar-refractivity contribution in [3.8, 4) is 22.8 Å². The van der Waals surface area contributed by atoms with Crippen LogP contribution in [-0.4, -0.2) is 28.5 Å². The standard InChI is InChI=1S/C25H23N5O3/c1-17-8-6-9-18(14-17)16-33-23-20(12-7-13-21(23)32-2)15-26-29-25-27-24(31)22(28-30-25)19-10-4-3-5-11-19/h3-15H,16H2,1-2H3,(H2,27,29,30,31)/b26-15+. The van der Waals surface area contributed by atoms with E-state index in [4.69, 9.17) is 9.47 Å². The summed E-state index contributed by atoms with van der Waals surface area (Å²) in [6, 6.07) is 22.8. The maximum Gasteiger partial charge on any atom is 0.279 e. The number of rotatable bonds is 8. The van der Waals surface area contributed by atoms with Gasteiger partial charge in [0.25, 0.3) is 5.56 Å². The number of aryl methyl sites for hydroxylation is 1. The molecule has 3 aromatic carbocycles. The molecular weight excluding hydrogens is 418 g/mol. The van der Waals surface area contributed by atoms with E-state index >= 15 is 0 Å². The Hall–Kier alpha value is -4.46. The van der Waals surface area contributed by atoms with Gasteiger partial charge in [0.05, 0.1) is 13.3 Å². The molecule has 1 heterocycles. The summed E-state index contributed by atoms with van der Waals surface area (Å²) in [4.78, 5) is 15.0. The molecule has 4 rings (SSSR count). The van der Waals surface area contributed by atoms with Gasteiger partial charge in [0.1, 0.15) is 6.61 Å². The van der Waals surface area contributed by atoms with Crippen LogP contribution in [0.25, 0.3) is 11.3 Å². The van der Waals surface area contributed by atoms with Gasteiger partial charge < -0.3 is 9.47 Å². The van der Waals surface area contributed by atoms with Crippen molar-refractivity contribution < 1.29 is 9.47 Å². The van der Waals surface area contributed by atoms with Crippen molar-refractivity contribution in [2.45, 2.75) is 13.5 Å². The summed E-state index contributed by atoms with van der Waals surface area (Å²) in [6.07, 6.45) is 1.57. The molecule has 166 valence electrons. The van der Waals surface area contributed by atoms with Gasteiger partial charge in [-0.3, -0.25) is 9.78 Å². The van der Waals surface area contributed by atoms with Crippen LogP contribution in [0.4, 0.5) is 5.95 Å². The van der Waals surface area contributed by atoms with Crippen LogP contribution in [0.5, 0.6) is 11.5 Å². The zero-order valence-electron chi connectivity index (χ0n) is 18.3. The molecule has 0 atom stereocenters. The monoisotopic (exact) mass is 441 g/mol. The van der Waals surface area contributed by atoms with E-state index in [-0.39, 0.29) is 17.2 Å². The van der Waals surface area contributed by atoms with E-state index in [0.717, 1.165) is 11.1 Å². The molecule has 0 fully saturated rings. The van der Waals surface area contributed by atoms with E-state index < -0.39 is 0 Å². The molecule has 0 unspecified atom stereocenters. The number of aromatic nitrogens is 3. The molecule has 1 aromatic heterocycles. The summed E-state index contributed by atoms with van der Waals surface area (Å²) in [5, 5.41) is 12.2. The number of nitrogens with one attached hydrogen (secondary N) is 2. The molecule has 0 saturated carbocycles. The molecule has 2 N–H and O–H groups in total. The Bertz CT molecular complexity index is 1320. The van der Waals surface area contributed by atoms with Crippen molar-refractivity contribution in [2.75, 3.05) is 12.5 Å². The second-order valence-electron chi connectivity index (χ2n) is 7.24. The topological polar surface area (TPSA) is 101 Å². The smallest absolute Gasteiger partial charge is 0.279 e. The molecule has 33 heavy (non-hydrogen) atoms. The van der Waals surface area contributed by atoms with Crippen LogP contribution in [-0.2, 0) is 6.61 Å². The van der Waals surface area contributed by atoms with E-state index in [1.165, 1.54) is 0 Å². The third-order valence-electron chi connectivity index (χ3n) is 4.81. The van der Waals surface area contributed by atoms with Gasteiger partial charge in [-0.15, -0.1) is 10.2 Å². The number of ether oxygens (including phenoxy) is 2. The first-order chi connectivity index (χ1) is 16.1. The lowest BCUT2D eigenvalue weighted by molar-refractivity contribution is 0.284. The molecule has 0 spiro atoms. The van der Waals surface area contributed by atoms with Gasteiger partial charge in [0.15, 0.2) is 17.2 Å². The SMILES string of the molecule is COc1cccc(/C=N/Nc2nnc(-c3ccccc3)c(=O)[nH]2)c1OCc1cccc(C)c1. The molecule has 0 aliphatic carbocycles. The Morgan fingerprint density at radius 3 is 2.61 bits per heavy atom. The molecule has 0 aliphatic heterocycles.